The van der Waals surface area contributed by atoms with E-state index in [0.717, 1.165) is 25.7 Å². The van der Waals surface area contributed by atoms with Crippen LogP contribution >= 0.6 is 0 Å². The van der Waals surface area contributed by atoms with Crippen LogP contribution in [0.5, 0.6) is 0 Å². The average molecular weight is 213 g/mol. The van der Waals surface area contributed by atoms with E-state index >= 15 is 0 Å². The van der Waals surface area contributed by atoms with Crippen LogP contribution in [0.2, 0.25) is 0 Å². The van der Waals surface area contributed by atoms with Crippen LogP contribution in [-0.4, -0.2) is 24.5 Å². The second-order valence-corrected chi connectivity index (χ2v) is 3.95. The number of carbonyl (C=O) groups excluding carboxylic acids is 2. The maximum atomic E-state index is 11.6. The summed E-state index contributed by atoms with van der Waals surface area (Å²) in [4.78, 5) is 22.6. The van der Waals surface area contributed by atoms with Gasteiger partial charge in [-0.2, -0.15) is 0 Å². The van der Waals surface area contributed by atoms with Gasteiger partial charge in [0.25, 0.3) is 0 Å². The summed E-state index contributed by atoms with van der Waals surface area (Å²) in [6.45, 7) is 3.69. The molecule has 0 heterocycles. The molecule has 0 saturated heterocycles. The van der Waals surface area contributed by atoms with E-state index in [1.54, 1.807) is 6.92 Å². The molecular formula is C11H19NO3. The number of hydrogen-bond donors (Lipinski definition) is 1. The minimum absolute atomic E-state index is 0.0321. The van der Waals surface area contributed by atoms with Gasteiger partial charge in [0.2, 0.25) is 5.91 Å². The van der Waals surface area contributed by atoms with Crippen LogP contribution in [0.4, 0.5) is 0 Å². The SMILES string of the molecule is CCOC(=O)[C@@H]1CCCC[C@@H]1NC(C)=O. The molecule has 0 spiro atoms. The zero-order valence-corrected chi connectivity index (χ0v) is 9.41. The van der Waals surface area contributed by atoms with Crippen molar-refractivity contribution < 1.29 is 14.3 Å². The highest BCUT2D eigenvalue weighted by Gasteiger charge is 2.32. The predicted octanol–water partition coefficient (Wildman–Crippen LogP) is 1.24. The highest BCUT2D eigenvalue weighted by Crippen LogP contribution is 2.25. The van der Waals surface area contributed by atoms with Gasteiger partial charge in [0.1, 0.15) is 0 Å². The van der Waals surface area contributed by atoms with Crippen molar-refractivity contribution in [1.29, 1.82) is 0 Å². The summed E-state index contributed by atoms with van der Waals surface area (Å²) in [7, 11) is 0. The summed E-state index contributed by atoms with van der Waals surface area (Å²) in [5, 5.41) is 2.83. The first-order valence-electron chi connectivity index (χ1n) is 5.59. The van der Waals surface area contributed by atoms with Crippen molar-refractivity contribution in [1.82, 2.24) is 5.32 Å². The molecule has 4 nitrogen and oxygen atoms in total. The van der Waals surface area contributed by atoms with Crippen LogP contribution in [0.1, 0.15) is 39.5 Å². The molecule has 15 heavy (non-hydrogen) atoms. The molecule has 1 N–H and O–H groups in total. The second-order valence-electron chi connectivity index (χ2n) is 3.95. The molecule has 1 aliphatic carbocycles. The number of rotatable bonds is 3. The van der Waals surface area contributed by atoms with Crippen LogP contribution in [0.15, 0.2) is 0 Å². The van der Waals surface area contributed by atoms with Gasteiger partial charge in [-0.1, -0.05) is 12.8 Å². The normalized spacial score (nSPS) is 25.7. The molecule has 1 amide bonds. The van der Waals surface area contributed by atoms with Crippen LogP contribution in [0.25, 0.3) is 0 Å². The minimum Gasteiger partial charge on any atom is -0.466 e. The highest BCUT2D eigenvalue weighted by atomic mass is 16.5. The fourth-order valence-corrected chi connectivity index (χ4v) is 2.10. The Hall–Kier alpha value is -1.06. The molecule has 0 aromatic carbocycles. The Morgan fingerprint density at radius 2 is 2.00 bits per heavy atom. The third kappa shape index (κ3) is 3.53. The van der Waals surface area contributed by atoms with Crippen molar-refractivity contribution in [3.8, 4) is 0 Å². The largest absolute Gasteiger partial charge is 0.466 e. The zero-order chi connectivity index (χ0) is 11.3. The lowest BCUT2D eigenvalue weighted by Gasteiger charge is -2.30. The Labute approximate surface area is 90.4 Å². The van der Waals surface area contributed by atoms with Crippen molar-refractivity contribution in [3.05, 3.63) is 0 Å². The van der Waals surface area contributed by atoms with E-state index in [9.17, 15) is 9.59 Å². The maximum absolute atomic E-state index is 11.6. The molecular weight excluding hydrogens is 194 g/mol. The van der Waals surface area contributed by atoms with E-state index in [2.05, 4.69) is 5.32 Å². The molecule has 4 heteroatoms. The van der Waals surface area contributed by atoms with Crippen molar-refractivity contribution in [3.63, 3.8) is 0 Å². The van der Waals surface area contributed by atoms with Crippen molar-refractivity contribution >= 4 is 11.9 Å². The summed E-state index contributed by atoms with van der Waals surface area (Å²) in [5.41, 5.74) is 0. The Kier molecular flexibility index (Phi) is 4.59. The summed E-state index contributed by atoms with van der Waals surface area (Å²) >= 11 is 0. The Morgan fingerprint density at radius 1 is 1.33 bits per heavy atom. The molecule has 1 aliphatic rings. The topological polar surface area (TPSA) is 55.4 Å². The molecule has 0 aromatic rings. The van der Waals surface area contributed by atoms with Crippen LogP contribution < -0.4 is 5.32 Å². The first kappa shape index (κ1) is 12.0. The summed E-state index contributed by atoms with van der Waals surface area (Å²) in [5.74, 6) is -0.394. The van der Waals surface area contributed by atoms with E-state index in [1.807, 2.05) is 0 Å². The fourth-order valence-electron chi connectivity index (χ4n) is 2.10. The van der Waals surface area contributed by atoms with Crippen molar-refractivity contribution in [2.75, 3.05) is 6.61 Å². The maximum Gasteiger partial charge on any atom is 0.311 e. The quantitative estimate of drug-likeness (QED) is 0.718. The standard InChI is InChI=1S/C11H19NO3/c1-3-15-11(14)9-6-4-5-7-10(9)12-8(2)13/h9-10H,3-7H2,1-2H3,(H,12,13)/t9-,10+/m1/s1. The van der Waals surface area contributed by atoms with Gasteiger partial charge in [-0.15, -0.1) is 0 Å². The predicted molar refractivity (Wildman–Crippen MR) is 56.2 cm³/mol. The van der Waals surface area contributed by atoms with Crippen molar-refractivity contribution in [2.45, 2.75) is 45.6 Å². The summed E-state index contributed by atoms with van der Waals surface area (Å²) in [6.07, 6.45) is 3.81. The number of hydrogen-bond acceptors (Lipinski definition) is 3. The number of nitrogens with one attached hydrogen (secondary N) is 1. The van der Waals surface area contributed by atoms with E-state index in [0.29, 0.717) is 6.61 Å². The van der Waals surface area contributed by atoms with Gasteiger partial charge < -0.3 is 10.1 Å². The molecule has 0 aliphatic heterocycles. The summed E-state index contributed by atoms with van der Waals surface area (Å²) < 4.78 is 5.00. The van der Waals surface area contributed by atoms with Crippen LogP contribution in [-0.2, 0) is 14.3 Å². The Bertz CT molecular complexity index is 240. The van der Waals surface area contributed by atoms with Gasteiger partial charge in [-0.05, 0) is 19.8 Å². The molecule has 1 rings (SSSR count). The van der Waals surface area contributed by atoms with E-state index in [-0.39, 0.29) is 23.8 Å². The third-order valence-electron chi connectivity index (χ3n) is 2.74. The van der Waals surface area contributed by atoms with Gasteiger partial charge in [0.15, 0.2) is 0 Å². The first-order chi connectivity index (χ1) is 7.15. The molecule has 1 fully saturated rings. The van der Waals surface area contributed by atoms with Crippen LogP contribution in [0, 0.1) is 5.92 Å². The highest BCUT2D eigenvalue weighted by molar-refractivity contribution is 5.77. The van der Waals surface area contributed by atoms with Gasteiger partial charge in [-0.3, -0.25) is 9.59 Å². The van der Waals surface area contributed by atoms with E-state index in [1.165, 1.54) is 6.92 Å². The van der Waals surface area contributed by atoms with E-state index in [4.69, 9.17) is 4.74 Å². The number of carbonyl (C=O) groups is 2. The molecule has 0 unspecified atom stereocenters. The average Bonchev–Trinajstić information content (AvgIpc) is 2.18. The van der Waals surface area contributed by atoms with Gasteiger partial charge in [-0.25, -0.2) is 0 Å². The Morgan fingerprint density at radius 3 is 2.60 bits per heavy atom. The van der Waals surface area contributed by atoms with Crippen molar-refractivity contribution in [2.24, 2.45) is 5.92 Å². The molecule has 0 bridgehead atoms. The minimum atomic E-state index is -0.170. The Balaban J connectivity index is 2.56. The lowest BCUT2D eigenvalue weighted by atomic mass is 9.84. The fraction of sp³-hybridized carbons (Fsp3) is 0.818. The third-order valence-corrected chi connectivity index (χ3v) is 2.74. The first-order valence-corrected chi connectivity index (χ1v) is 5.59. The van der Waals surface area contributed by atoms with Gasteiger partial charge in [0, 0.05) is 13.0 Å². The smallest absolute Gasteiger partial charge is 0.311 e. The second kappa shape index (κ2) is 5.73. The van der Waals surface area contributed by atoms with E-state index < -0.39 is 0 Å². The number of ether oxygens (including phenoxy) is 1. The zero-order valence-electron chi connectivity index (χ0n) is 9.41. The van der Waals surface area contributed by atoms with Gasteiger partial charge in [0.05, 0.1) is 12.5 Å². The molecule has 86 valence electrons. The monoisotopic (exact) mass is 213 g/mol. The number of esters is 1. The number of amides is 1. The van der Waals surface area contributed by atoms with Crippen LogP contribution in [0.3, 0.4) is 0 Å². The lowest BCUT2D eigenvalue weighted by molar-refractivity contribution is -0.150. The lowest BCUT2D eigenvalue weighted by Crippen LogP contribution is -2.44. The molecule has 0 aromatic heterocycles. The molecule has 1 saturated carbocycles. The molecule has 2 atom stereocenters. The summed E-state index contributed by atoms with van der Waals surface area (Å²) in [6, 6.07) is -0.0321. The van der Waals surface area contributed by atoms with Gasteiger partial charge >= 0.3 is 5.97 Å². The molecule has 0 radical (unpaired) electrons.